The van der Waals surface area contributed by atoms with E-state index in [1.807, 2.05) is 6.92 Å². The largest absolute Gasteiger partial charge is 0.456 e. The van der Waals surface area contributed by atoms with Crippen LogP contribution in [0, 0.1) is 6.92 Å². The molecule has 2 aromatic carbocycles. The number of carbonyl (C=O) groups is 2. The Morgan fingerprint density at radius 3 is 2.54 bits per heavy atom. The second-order valence-electron chi connectivity index (χ2n) is 5.82. The van der Waals surface area contributed by atoms with Gasteiger partial charge in [0.15, 0.2) is 16.4 Å². The van der Waals surface area contributed by atoms with E-state index >= 15 is 0 Å². The number of esters is 1. The molecule has 0 atom stereocenters. The summed E-state index contributed by atoms with van der Waals surface area (Å²) < 4.78 is 30.4. The number of hydrogen-bond donors (Lipinski definition) is 1. The molecule has 0 aliphatic carbocycles. The molecule has 0 heterocycles. The van der Waals surface area contributed by atoms with Gasteiger partial charge in [0.05, 0.1) is 22.1 Å². The van der Waals surface area contributed by atoms with Crippen LogP contribution < -0.4 is 5.32 Å². The lowest BCUT2D eigenvalue weighted by Gasteiger charge is -2.09. The van der Waals surface area contributed by atoms with Crippen LogP contribution in [0.5, 0.6) is 0 Å². The van der Waals surface area contributed by atoms with Gasteiger partial charge < -0.3 is 10.1 Å². The summed E-state index contributed by atoms with van der Waals surface area (Å²) in [5.41, 5.74) is 1.49. The maximum atomic E-state index is 12.3. The van der Waals surface area contributed by atoms with Crippen molar-refractivity contribution < 1.29 is 22.7 Å². The third kappa shape index (κ3) is 6.48. The second-order valence-corrected chi connectivity index (χ2v) is 9.59. The van der Waals surface area contributed by atoms with Crippen molar-refractivity contribution in [2.24, 2.45) is 0 Å². The number of halogens is 3. The molecule has 28 heavy (non-hydrogen) atoms. The molecule has 0 aliphatic heterocycles. The number of amides is 1. The van der Waals surface area contributed by atoms with Crippen molar-refractivity contribution in [2.45, 2.75) is 18.2 Å². The molecule has 0 saturated carbocycles. The van der Waals surface area contributed by atoms with Crippen molar-refractivity contribution in [3.05, 3.63) is 56.5 Å². The number of ether oxygens (including phenoxy) is 1. The van der Waals surface area contributed by atoms with Crippen LogP contribution in [0.15, 0.2) is 45.8 Å². The SMILES string of the molecule is Cc1cc(NC(=O)COC(=O)CCS(=O)(=O)c2cc(Cl)ccc2Cl)ccc1Br. The van der Waals surface area contributed by atoms with E-state index in [2.05, 4.69) is 21.2 Å². The molecule has 1 amide bonds. The topological polar surface area (TPSA) is 89.5 Å². The van der Waals surface area contributed by atoms with E-state index < -0.39 is 40.5 Å². The van der Waals surface area contributed by atoms with E-state index in [1.165, 1.54) is 18.2 Å². The maximum Gasteiger partial charge on any atom is 0.307 e. The Morgan fingerprint density at radius 2 is 1.86 bits per heavy atom. The molecule has 2 aromatic rings. The minimum Gasteiger partial charge on any atom is -0.456 e. The molecular formula is C18H16BrCl2NO5S. The van der Waals surface area contributed by atoms with Crippen LogP contribution in [0.1, 0.15) is 12.0 Å². The molecule has 150 valence electrons. The summed E-state index contributed by atoms with van der Waals surface area (Å²) in [6.07, 6.45) is -0.421. The molecule has 6 nitrogen and oxygen atoms in total. The zero-order valence-corrected chi connectivity index (χ0v) is 18.6. The molecule has 0 aliphatic rings. The summed E-state index contributed by atoms with van der Waals surface area (Å²) in [7, 11) is -3.83. The lowest BCUT2D eigenvalue weighted by molar-refractivity contribution is -0.146. The average molecular weight is 509 g/mol. The first-order chi connectivity index (χ1) is 13.1. The first-order valence-corrected chi connectivity index (χ1v) is 11.2. The molecule has 0 saturated heterocycles. The number of rotatable bonds is 7. The van der Waals surface area contributed by atoms with Gasteiger partial charge in [-0.1, -0.05) is 39.1 Å². The van der Waals surface area contributed by atoms with Crippen LogP contribution in [0.4, 0.5) is 5.69 Å². The second kappa shape index (κ2) is 9.73. The van der Waals surface area contributed by atoms with Crippen LogP contribution in [0.25, 0.3) is 0 Å². The molecule has 0 spiro atoms. The maximum absolute atomic E-state index is 12.3. The zero-order chi connectivity index (χ0) is 20.9. The van der Waals surface area contributed by atoms with Gasteiger partial charge in [-0.05, 0) is 48.9 Å². The highest BCUT2D eigenvalue weighted by Gasteiger charge is 2.21. The normalized spacial score (nSPS) is 11.1. The highest BCUT2D eigenvalue weighted by Crippen LogP contribution is 2.26. The first kappa shape index (κ1) is 22.7. The average Bonchev–Trinajstić information content (AvgIpc) is 2.63. The van der Waals surface area contributed by atoms with Crippen LogP contribution >= 0.6 is 39.1 Å². The highest BCUT2D eigenvalue weighted by atomic mass is 79.9. The fourth-order valence-electron chi connectivity index (χ4n) is 2.18. The summed E-state index contributed by atoms with van der Waals surface area (Å²) in [6, 6.07) is 9.27. The van der Waals surface area contributed by atoms with Gasteiger partial charge in [0.2, 0.25) is 0 Å². The van der Waals surface area contributed by atoms with Crippen molar-refractivity contribution in [3.63, 3.8) is 0 Å². The molecule has 0 radical (unpaired) electrons. The first-order valence-electron chi connectivity index (χ1n) is 7.98. The predicted octanol–water partition coefficient (Wildman–Crippen LogP) is 4.41. The fraction of sp³-hybridized carbons (Fsp3) is 0.222. The Bertz CT molecular complexity index is 1010. The number of nitrogens with one attached hydrogen (secondary N) is 1. The van der Waals surface area contributed by atoms with E-state index in [4.69, 9.17) is 27.9 Å². The molecule has 0 bridgehead atoms. The molecule has 0 unspecified atom stereocenters. The number of carbonyl (C=O) groups excluding carboxylic acids is 2. The van der Waals surface area contributed by atoms with E-state index in [9.17, 15) is 18.0 Å². The van der Waals surface area contributed by atoms with E-state index in [-0.39, 0.29) is 14.9 Å². The number of benzene rings is 2. The van der Waals surface area contributed by atoms with Crippen molar-refractivity contribution in [2.75, 3.05) is 17.7 Å². The van der Waals surface area contributed by atoms with Crippen LogP contribution in [0.3, 0.4) is 0 Å². The number of hydrogen-bond acceptors (Lipinski definition) is 5. The lowest BCUT2D eigenvalue weighted by atomic mass is 10.2. The Morgan fingerprint density at radius 1 is 1.14 bits per heavy atom. The lowest BCUT2D eigenvalue weighted by Crippen LogP contribution is -2.22. The summed E-state index contributed by atoms with van der Waals surface area (Å²) in [4.78, 5) is 23.5. The summed E-state index contributed by atoms with van der Waals surface area (Å²) in [5, 5.41) is 2.82. The van der Waals surface area contributed by atoms with Gasteiger partial charge in [-0.15, -0.1) is 0 Å². The third-order valence-electron chi connectivity index (χ3n) is 3.61. The number of aryl methyl sites for hydroxylation is 1. The third-order valence-corrected chi connectivity index (χ3v) is 6.93. The van der Waals surface area contributed by atoms with Crippen molar-refractivity contribution in [3.8, 4) is 0 Å². The predicted molar refractivity (Wildman–Crippen MR) is 112 cm³/mol. The minimum atomic E-state index is -3.83. The quantitative estimate of drug-likeness (QED) is 0.559. The molecule has 2 rings (SSSR count). The monoisotopic (exact) mass is 507 g/mol. The van der Waals surface area contributed by atoms with Gasteiger partial charge in [-0.25, -0.2) is 8.42 Å². The zero-order valence-electron chi connectivity index (χ0n) is 14.7. The number of anilines is 1. The summed E-state index contributed by atoms with van der Waals surface area (Å²) in [5.74, 6) is -1.86. The van der Waals surface area contributed by atoms with Gasteiger partial charge >= 0.3 is 5.97 Å². The van der Waals surface area contributed by atoms with Gasteiger partial charge in [0.1, 0.15) is 0 Å². The van der Waals surface area contributed by atoms with Crippen molar-refractivity contribution in [1.82, 2.24) is 0 Å². The molecule has 0 aromatic heterocycles. The van der Waals surface area contributed by atoms with Gasteiger partial charge in [-0.2, -0.15) is 0 Å². The van der Waals surface area contributed by atoms with E-state index in [0.717, 1.165) is 10.0 Å². The minimum absolute atomic E-state index is 0.0157. The Kier molecular flexibility index (Phi) is 7.88. The molecule has 1 N–H and O–H groups in total. The van der Waals surface area contributed by atoms with Crippen LogP contribution in [0.2, 0.25) is 10.0 Å². The van der Waals surface area contributed by atoms with Crippen LogP contribution in [-0.2, 0) is 24.2 Å². The Balaban J connectivity index is 1.85. The van der Waals surface area contributed by atoms with Gasteiger partial charge in [0, 0.05) is 15.2 Å². The fourth-order valence-corrected chi connectivity index (χ4v) is 4.46. The summed E-state index contributed by atoms with van der Waals surface area (Å²) >= 11 is 15.0. The standard InChI is InChI=1S/C18H16BrCl2NO5S/c1-11-8-13(3-4-14(11)19)22-17(23)10-27-18(24)6-7-28(25,26)16-9-12(20)2-5-15(16)21/h2-5,8-9H,6-7,10H2,1H3,(H,22,23). The van der Waals surface area contributed by atoms with Crippen molar-refractivity contribution >= 4 is 66.5 Å². The van der Waals surface area contributed by atoms with Gasteiger partial charge in [-0.3, -0.25) is 9.59 Å². The van der Waals surface area contributed by atoms with E-state index in [0.29, 0.717) is 5.69 Å². The Hall–Kier alpha value is -1.61. The molecular weight excluding hydrogens is 493 g/mol. The van der Waals surface area contributed by atoms with Crippen molar-refractivity contribution in [1.29, 1.82) is 0 Å². The number of sulfone groups is 1. The molecule has 10 heteroatoms. The molecule has 0 fully saturated rings. The summed E-state index contributed by atoms with van der Waals surface area (Å²) in [6.45, 7) is 1.35. The smallest absolute Gasteiger partial charge is 0.307 e. The van der Waals surface area contributed by atoms with Gasteiger partial charge in [0.25, 0.3) is 5.91 Å². The van der Waals surface area contributed by atoms with Crippen LogP contribution in [-0.4, -0.2) is 32.7 Å². The Labute approximate surface area is 181 Å². The van der Waals surface area contributed by atoms with E-state index in [1.54, 1.807) is 18.2 Å². The highest BCUT2D eigenvalue weighted by molar-refractivity contribution is 9.10.